The number of ether oxygens (including phenoxy) is 1. The molecule has 0 aliphatic heterocycles. The zero-order chi connectivity index (χ0) is 19.5. The third-order valence-corrected chi connectivity index (χ3v) is 5.95. The Hall–Kier alpha value is -2.90. The summed E-state index contributed by atoms with van der Waals surface area (Å²) in [5, 5.41) is 2.93. The standard InChI is InChI=1S/C21H16N2O3S2/c1-26-16-9-5-6-14(12-16)18(24)13-28-21-22-19-17(10-11-27-19)20(25)23(21)15-7-3-2-4-8-15/h2-12H,13H2,1H3. The highest BCUT2D eigenvalue weighted by Gasteiger charge is 2.16. The smallest absolute Gasteiger partial charge is 0.267 e. The number of thiophene rings is 1. The van der Waals surface area contributed by atoms with Crippen molar-refractivity contribution in [2.24, 2.45) is 0 Å². The van der Waals surface area contributed by atoms with Gasteiger partial charge in [0.15, 0.2) is 10.9 Å². The van der Waals surface area contributed by atoms with E-state index >= 15 is 0 Å². The van der Waals surface area contributed by atoms with Gasteiger partial charge in [0.25, 0.3) is 5.56 Å². The van der Waals surface area contributed by atoms with Crippen molar-refractivity contribution in [3.8, 4) is 11.4 Å². The number of hydrogen-bond donors (Lipinski definition) is 0. The van der Waals surface area contributed by atoms with Crippen molar-refractivity contribution in [3.05, 3.63) is 82.0 Å². The van der Waals surface area contributed by atoms with Gasteiger partial charge in [0.05, 0.1) is 23.9 Å². The molecule has 4 aromatic rings. The molecular formula is C21H16N2O3S2. The van der Waals surface area contributed by atoms with Crippen LogP contribution in [-0.4, -0.2) is 28.2 Å². The quantitative estimate of drug-likeness (QED) is 0.268. The van der Waals surface area contributed by atoms with Crippen molar-refractivity contribution in [1.29, 1.82) is 0 Å². The molecule has 0 bridgehead atoms. The molecule has 0 N–H and O–H groups in total. The number of carbonyl (C=O) groups excluding carboxylic acids is 1. The number of rotatable bonds is 6. The maximum Gasteiger partial charge on any atom is 0.267 e. The van der Waals surface area contributed by atoms with Crippen LogP contribution in [-0.2, 0) is 0 Å². The number of ketones is 1. The van der Waals surface area contributed by atoms with Gasteiger partial charge < -0.3 is 4.74 Å². The van der Waals surface area contributed by atoms with Gasteiger partial charge in [0, 0.05) is 5.56 Å². The van der Waals surface area contributed by atoms with Crippen LogP contribution < -0.4 is 10.3 Å². The molecule has 0 saturated carbocycles. The first-order chi connectivity index (χ1) is 13.7. The molecule has 0 aliphatic rings. The summed E-state index contributed by atoms with van der Waals surface area (Å²) < 4.78 is 6.75. The topological polar surface area (TPSA) is 61.2 Å². The Kier molecular flexibility index (Phi) is 5.27. The Labute approximate surface area is 169 Å². The summed E-state index contributed by atoms with van der Waals surface area (Å²) in [7, 11) is 1.57. The first kappa shape index (κ1) is 18.5. The minimum absolute atomic E-state index is 0.0518. The summed E-state index contributed by atoms with van der Waals surface area (Å²) in [5.41, 5.74) is 1.16. The van der Waals surface area contributed by atoms with Crippen LogP contribution in [0.1, 0.15) is 10.4 Å². The van der Waals surface area contributed by atoms with Crippen molar-refractivity contribution in [2.45, 2.75) is 5.16 Å². The average Bonchev–Trinajstić information content (AvgIpc) is 3.21. The first-order valence-corrected chi connectivity index (χ1v) is 10.4. The van der Waals surface area contributed by atoms with E-state index in [2.05, 4.69) is 4.98 Å². The van der Waals surface area contributed by atoms with Crippen LogP contribution in [0, 0.1) is 0 Å². The lowest BCUT2D eigenvalue weighted by Gasteiger charge is -2.12. The third kappa shape index (κ3) is 3.58. The number of nitrogens with zero attached hydrogens (tertiary/aromatic N) is 2. The maximum atomic E-state index is 13.0. The van der Waals surface area contributed by atoms with Crippen LogP contribution in [0.15, 0.2) is 76.0 Å². The van der Waals surface area contributed by atoms with Gasteiger partial charge in [0.2, 0.25) is 0 Å². The molecule has 0 atom stereocenters. The van der Waals surface area contributed by atoms with Gasteiger partial charge >= 0.3 is 0 Å². The van der Waals surface area contributed by atoms with Crippen LogP contribution in [0.25, 0.3) is 15.9 Å². The number of para-hydroxylation sites is 1. The molecule has 2 aromatic carbocycles. The second-order valence-corrected chi connectivity index (χ2v) is 7.79. The highest BCUT2D eigenvalue weighted by Crippen LogP contribution is 2.25. The molecule has 0 radical (unpaired) electrons. The number of aromatic nitrogens is 2. The van der Waals surface area contributed by atoms with Crippen LogP contribution in [0.2, 0.25) is 0 Å². The molecule has 2 heterocycles. The van der Waals surface area contributed by atoms with Crippen molar-refractivity contribution in [3.63, 3.8) is 0 Å². The number of benzene rings is 2. The Morgan fingerprint density at radius 3 is 2.75 bits per heavy atom. The highest BCUT2D eigenvalue weighted by molar-refractivity contribution is 7.99. The number of fused-ring (bicyclic) bond motifs is 1. The molecule has 0 spiro atoms. The van der Waals surface area contributed by atoms with E-state index in [4.69, 9.17) is 4.74 Å². The zero-order valence-corrected chi connectivity index (χ0v) is 16.6. The van der Waals surface area contributed by atoms with E-state index in [1.165, 1.54) is 23.1 Å². The summed E-state index contributed by atoms with van der Waals surface area (Å²) in [5.74, 6) is 0.753. The monoisotopic (exact) mass is 408 g/mol. The Morgan fingerprint density at radius 1 is 1.14 bits per heavy atom. The van der Waals surface area contributed by atoms with E-state index in [1.54, 1.807) is 42.0 Å². The predicted octanol–water partition coefficient (Wildman–Crippen LogP) is 4.43. The Balaban J connectivity index is 1.70. The van der Waals surface area contributed by atoms with E-state index in [9.17, 15) is 9.59 Å². The fourth-order valence-electron chi connectivity index (χ4n) is 2.81. The minimum atomic E-state index is -0.131. The summed E-state index contributed by atoms with van der Waals surface area (Å²) in [6.07, 6.45) is 0. The van der Waals surface area contributed by atoms with Crippen LogP contribution >= 0.6 is 23.1 Å². The molecule has 7 heteroatoms. The fraction of sp³-hybridized carbons (Fsp3) is 0.0952. The number of methoxy groups -OCH3 is 1. The average molecular weight is 409 g/mol. The van der Waals surface area contributed by atoms with Crippen molar-refractivity contribution in [2.75, 3.05) is 12.9 Å². The van der Waals surface area contributed by atoms with Crippen LogP contribution in [0.3, 0.4) is 0 Å². The highest BCUT2D eigenvalue weighted by atomic mass is 32.2. The van der Waals surface area contributed by atoms with Gasteiger partial charge in [-0.3, -0.25) is 14.2 Å². The van der Waals surface area contributed by atoms with Crippen LogP contribution in [0.4, 0.5) is 0 Å². The van der Waals surface area contributed by atoms with Gasteiger partial charge in [-0.05, 0) is 35.7 Å². The van der Waals surface area contributed by atoms with Crippen molar-refractivity contribution >= 4 is 39.1 Å². The molecule has 0 amide bonds. The van der Waals surface area contributed by atoms with Crippen molar-refractivity contribution < 1.29 is 9.53 Å². The maximum absolute atomic E-state index is 13.0. The lowest BCUT2D eigenvalue weighted by Crippen LogP contribution is -2.21. The van der Waals surface area contributed by atoms with Crippen molar-refractivity contribution in [1.82, 2.24) is 9.55 Å². The van der Waals surface area contributed by atoms with Crippen LogP contribution in [0.5, 0.6) is 5.75 Å². The number of hydrogen-bond acceptors (Lipinski definition) is 6. The molecule has 0 unspecified atom stereocenters. The third-order valence-electron chi connectivity index (χ3n) is 4.21. The molecule has 2 aromatic heterocycles. The number of Topliss-reactive ketones (excluding diaryl/α,β-unsaturated/α-hetero) is 1. The Bertz CT molecular complexity index is 1200. The van der Waals surface area contributed by atoms with Gasteiger partial charge in [-0.25, -0.2) is 4.98 Å². The minimum Gasteiger partial charge on any atom is -0.497 e. The second kappa shape index (κ2) is 8.00. The Morgan fingerprint density at radius 2 is 1.96 bits per heavy atom. The predicted molar refractivity (Wildman–Crippen MR) is 113 cm³/mol. The van der Waals surface area contributed by atoms with E-state index in [0.29, 0.717) is 26.7 Å². The summed E-state index contributed by atoms with van der Waals surface area (Å²) in [6, 6.07) is 18.2. The normalized spacial score (nSPS) is 10.9. The van der Waals surface area contributed by atoms with Gasteiger partial charge in [-0.2, -0.15) is 0 Å². The molecule has 28 heavy (non-hydrogen) atoms. The van der Waals surface area contributed by atoms with E-state index in [0.717, 1.165) is 5.69 Å². The lowest BCUT2D eigenvalue weighted by atomic mass is 10.1. The first-order valence-electron chi connectivity index (χ1n) is 8.53. The van der Waals surface area contributed by atoms with E-state index in [-0.39, 0.29) is 17.1 Å². The number of carbonyl (C=O) groups is 1. The molecule has 0 fully saturated rings. The van der Waals surface area contributed by atoms with Gasteiger partial charge in [0.1, 0.15) is 10.6 Å². The van der Waals surface area contributed by atoms with Gasteiger partial charge in [-0.1, -0.05) is 42.1 Å². The molecule has 0 aliphatic carbocycles. The molecule has 0 saturated heterocycles. The zero-order valence-electron chi connectivity index (χ0n) is 15.0. The van der Waals surface area contributed by atoms with E-state index < -0.39 is 0 Å². The second-order valence-electron chi connectivity index (χ2n) is 5.95. The fourth-order valence-corrected chi connectivity index (χ4v) is 4.52. The van der Waals surface area contributed by atoms with Gasteiger partial charge in [-0.15, -0.1) is 11.3 Å². The molecule has 140 valence electrons. The summed E-state index contributed by atoms with van der Waals surface area (Å²) in [4.78, 5) is 31.0. The largest absolute Gasteiger partial charge is 0.497 e. The lowest BCUT2D eigenvalue weighted by molar-refractivity contribution is 0.102. The summed E-state index contributed by atoms with van der Waals surface area (Å²) in [6.45, 7) is 0. The summed E-state index contributed by atoms with van der Waals surface area (Å²) >= 11 is 2.67. The molecular weight excluding hydrogens is 392 g/mol. The number of thioether (sulfide) groups is 1. The molecule has 4 rings (SSSR count). The van der Waals surface area contributed by atoms with E-state index in [1.807, 2.05) is 35.7 Å². The molecule has 5 nitrogen and oxygen atoms in total. The SMILES string of the molecule is COc1cccc(C(=O)CSc2nc3sccc3c(=O)n2-c2ccccc2)c1.